The fourth-order valence-corrected chi connectivity index (χ4v) is 3.64. The third-order valence-electron chi connectivity index (χ3n) is 4.55. The van der Waals surface area contributed by atoms with E-state index in [0.717, 1.165) is 43.3 Å². The van der Waals surface area contributed by atoms with Gasteiger partial charge in [-0.25, -0.2) is 0 Å². The summed E-state index contributed by atoms with van der Waals surface area (Å²) in [5.74, 6) is 0.0857. The first kappa shape index (κ1) is 20.8. The summed E-state index contributed by atoms with van der Waals surface area (Å²) < 4.78 is 29.9. The van der Waals surface area contributed by atoms with Crippen molar-refractivity contribution in [3.8, 4) is 5.75 Å². The van der Waals surface area contributed by atoms with Crippen LogP contribution in [-0.2, 0) is 6.54 Å². The number of anilines is 1. The molecule has 1 saturated heterocycles. The smallest absolute Gasteiger partial charge is 0.387 e. The Bertz CT molecular complexity index is 829. The van der Waals surface area contributed by atoms with Crippen LogP contribution in [0.3, 0.4) is 0 Å². The number of aryl methyl sites for hydroxylation is 1. The van der Waals surface area contributed by atoms with Gasteiger partial charge in [-0.15, -0.1) is 0 Å². The Hall–Kier alpha value is -1.96. The first-order valence-electron chi connectivity index (χ1n) is 8.99. The minimum absolute atomic E-state index is 0.0857. The largest absolute Gasteiger partial charge is 0.433 e. The van der Waals surface area contributed by atoms with E-state index in [1.54, 1.807) is 12.1 Å². The topological polar surface area (TPSA) is 27.7 Å². The van der Waals surface area contributed by atoms with E-state index in [2.05, 4.69) is 21.0 Å². The molecule has 1 aliphatic heterocycles. The van der Waals surface area contributed by atoms with Gasteiger partial charge in [0, 0.05) is 37.7 Å². The normalized spacial score (nSPS) is 15.0. The highest BCUT2D eigenvalue weighted by molar-refractivity contribution is 7.80. The van der Waals surface area contributed by atoms with Crippen LogP contribution in [0.25, 0.3) is 0 Å². The van der Waals surface area contributed by atoms with Crippen LogP contribution in [0.2, 0.25) is 5.02 Å². The van der Waals surface area contributed by atoms with Crippen molar-refractivity contribution in [3.05, 3.63) is 58.6 Å². The zero-order valence-electron chi connectivity index (χ0n) is 15.5. The molecule has 0 radical (unpaired) electrons. The van der Waals surface area contributed by atoms with Crippen LogP contribution in [0.5, 0.6) is 5.75 Å². The molecule has 8 heteroatoms. The SMILES string of the molecule is Cc1ccc(OC(F)F)c(NC(=S)N2CCN(Cc3cccc(Cl)c3)CC2)c1. The predicted molar refractivity (Wildman–Crippen MR) is 112 cm³/mol. The second-order valence-electron chi connectivity index (χ2n) is 6.70. The van der Waals surface area contributed by atoms with Crippen molar-refractivity contribution in [2.45, 2.75) is 20.1 Å². The van der Waals surface area contributed by atoms with Gasteiger partial charge in [-0.2, -0.15) is 8.78 Å². The molecular weight excluding hydrogens is 404 g/mol. The quantitative estimate of drug-likeness (QED) is 0.697. The Morgan fingerprint density at radius 2 is 1.93 bits per heavy atom. The van der Waals surface area contributed by atoms with Crippen LogP contribution in [0, 0.1) is 6.92 Å². The molecule has 0 bridgehead atoms. The van der Waals surface area contributed by atoms with Crippen molar-refractivity contribution >= 4 is 34.6 Å². The van der Waals surface area contributed by atoms with Crippen molar-refractivity contribution < 1.29 is 13.5 Å². The van der Waals surface area contributed by atoms with Gasteiger partial charge in [0.15, 0.2) is 5.11 Å². The molecule has 3 rings (SSSR count). The van der Waals surface area contributed by atoms with Gasteiger partial charge >= 0.3 is 6.61 Å². The average Bonchev–Trinajstić information content (AvgIpc) is 2.64. The van der Waals surface area contributed by atoms with E-state index in [1.165, 1.54) is 11.6 Å². The summed E-state index contributed by atoms with van der Waals surface area (Å²) in [5.41, 5.74) is 2.56. The second kappa shape index (κ2) is 9.49. The summed E-state index contributed by atoms with van der Waals surface area (Å²) in [5, 5.41) is 4.31. The summed E-state index contributed by atoms with van der Waals surface area (Å²) in [6.45, 7) is 3.04. The Balaban J connectivity index is 1.56. The van der Waals surface area contributed by atoms with Gasteiger partial charge in [-0.05, 0) is 54.5 Å². The molecule has 0 saturated carbocycles. The first-order chi connectivity index (χ1) is 13.4. The average molecular weight is 426 g/mol. The van der Waals surface area contributed by atoms with Gasteiger partial charge in [0.25, 0.3) is 0 Å². The van der Waals surface area contributed by atoms with Gasteiger partial charge in [0.2, 0.25) is 0 Å². The molecule has 0 unspecified atom stereocenters. The fraction of sp³-hybridized carbons (Fsp3) is 0.350. The molecule has 0 spiro atoms. The number of thiocarbonyl (C=S) groups is 1. The highest BCUT2D eigenvalue weighted by Gasteiger charge is 2.20. The predicted octanol–water partition coefficient (Wildman–Crippen LogP) is 4.76. The molecule has 4 nitrogen and oxygen atoms in total. The van der Waals surface area contributed by atoms with Crippen LogP contribution in [0.4, 0.5) is 14.5 Å². The van der Waals surface area contributed by atoms with Crippen molar-refractivity contribution in [2.75, 3.05) is 31.5 Å². The van der Waals surface area contributed by atoms with Crippen LogP contribution in [-0.4, -0.2) is 47.7 Å². The van der Waals surface area contributed by atoms with Crippen LogP contribution >= 0.6 is 23.8 Å². The number of ether oxygens (including phenoxy) is 1. The van der Waals surface area contributed by atoms with Crippen LogP contribution < -0.4 is 10.1 Å². The van der Waals surface area contributed by atoms with Crippen molar-refractivity contribution in [1.82, 2.24) is 9.80 Å². The number of halogens is 3. The molecule has 0 atom stereocenters. The lowest BCUT2D eigenvalue weighted by Gasteiger charge is -2.36. The van der Waals surface area contributed by atoms with Gasteiger partial charge in [-0.1, -0.05) is 29.8 Å². The summed E-state index contributed by atoms with van der Waals surface area (Å²) in [6.07, 6.45) is 0. The summed E-state index contributed by atoms with van der Waals surface area (Å²) in [7, 11) is 0. The van der Waals surface area contributed by atoms with E-state index >= 15 is 0 Å². The monoisotopic (exact) mass is 425 g/mol. The number of alkyl halides is 2. The molecule has 2 aromatic carbocycles. The number of rotatable bonds is 5. The van der Waals surface area contributed by atoms with Crippen molar-refractivity contribution in [2.24, 2.45) is 0 Å². The maximum Gasteiger partial charge on any atom is 0.387 e. The van der Waals surface area contributed by atoms with Crippen molar-refractivity contribution in [3.63, 3.8) is 0 Å². The van der Waals surface area contributed by atoms with E-state index < -0.39 is 6.61 Å². The Kier molecular flexibility index (Phi) is 7.04. The Morgan fingerprint density at radius 3 is 2.61 bits per heavy atom. The van der Waals surface area contributed by atoms with Crippen LogP contribution in [0.15, 0.2) is 42.5 Å². The lowest BCUT2D eigenvalue weighted by molar-refractivity contribution is -0.0493. The third kappa shape index (κ3) is 5.77. The maximum atomic E-state index is 12.6. The number of nitrogens with zero attached hydrogens (tertiary/aromatic N) is 2. The molecule has 1 aliphatic rings. The van der Waals surface area contributed by atoms with E-state index in [-0.39, 0.29) is 5.75 Å². The van der Waals surface area contributed by atoms with E-state index in [0.29, 0.717) is 10.8 Å². The molecule has 2 aromatic rings. The fourth-order valence-electron chi connectivity index (χ4n) is 3.14. The zero-order valence-corrected chi connectivity index (χ0v) is 17.1. The second-order valence-corrected chi connectivity index (χ2v) is 7.52. The lowest BCUT2D eigenvalue weighted by Crippen LogP contribution is -2.49. The lowest BCUT2D eigenvalue weighted by atomic mass is 10.2. The first-order valence-corrected chi connectivity index (χ1v) is 9.77. The van der Waals surface area contributed by atoms with Gasteiger partial charge in [-0.3, -0.25) is 4.90 Å². The molecule has 28 heavy (non-hydrogen) atoms. The molecule has 0 amide bonds. The van der Waals surface area contributed by atoms with E-state index in [4.69, 9.17) is 23.8 Å². The number of hydrogen-bond donors (Lipinski definition) is 1. The summed E-state index contributed by atoms with van der Waals surface area (Å²) in [6, 6.07) is 12.8. The Labute approximate surface area is 174 Å². The minimum atomic E-state index is -2.88. The molecule has 150 valence electrons. The molecule has 0 aromatic heterocycles. The number of hydrogen-bond acceptors (Lipinski definition) is 3. The molecule has 1 heterocycles. The molecule has 1 fully saturated rings. The minimum Gasteiger partial charge on any atom is -0.433 e. The highest BCUT2D eigenvalue weighted by Crippen LogP contribution is 2.27. The summed E-state index contributed by atoms with van der Waals surface area (Å²) in [4.78, 5) is 4.38. The van der Waals surface area contributed by atoms with E-state index in [9.17, 15) is 8.78 Å². The van der Waals surface area contributed by atoms with Gasteiger partial charge in [0.1, 0.15) is 5.75 Å². The van der Waals surface area contributed by atoms with Crippen LogP contribution in [0.1, 0.15) is 11.1 Å². The molecule has 1 N–H and O–H groups in total. The number of nitrogens with one attached hydrogen (secondary N) is 1. The zero-order chi connectivity index (χ0) is 20.1. The van der Waals surface area contributed by atoms with Crippen molar-refractivity contribution in [1.29, 1.82) is 0 Å². The van der Waals surface area contributed by atoms with Gasteiger partial charge in [0.05, 0.1) is 5.69 Å². The summed E-state index contributed by atoms with van der Waals surface area (Å²) >= 11 is 11.5. The standard InChI is InChI=1S/C20H22ClF2N3OS/c1-14-5-6-18(27-19(22)23)17(11-14)24-20(28)26-9-7-25(8-10-26)13-15-3-2-4-16(21)12-15/h2-6,11-12,19H,7-10,13H2,1H3,(H,24,28). The third-order valence-corrected chi connectivity index (χ3v) is 5.14. The molecular formula is C20H22ClF2N3OS. The maximum absolute atomic E-state index is 12.6. The number of benzene rings is 2. The van der Waals surface area contributed by atoms with E-state index in [1.807, 2.05) is 30.0 Å². The molecule has 0 aliphatic carbocycles. The highest BCUT2D eigenvalue weighted by atomic mass is 35.5. The van der Waals surface area contributed by atoms with Gasteiger partial charge < -0.3 is 15.0 Å². The Morgan fingerprint density at radius 1 is 1.18 bits per heavy atom. The number of piperazine rings is 1.